The zero-order valence-electron chi connectivity index (χ0n) is 17.1. The molecule has 1 N–H and O–H groups in total. The fraction of sp³-hybridized carbons (Fsp3) is 0.0769. The number of aliphatic carboxylic acids is 1. The number of methoxy groups -OCH3 is 1. The standard InChI is InChI=1S/C26H18O6/c1-30-17-9-7-16(8-10-17)25-19(14-22(27)28)23-20(31-25)12-11-18-24(29)21(32-26(18)23)13-15-5-3-2-4-6-15/h2-13H,14H2,1H3,(H,27,28)/b21-13-. The van der Waals surface area contributed by atoms with Crippen LogP contribution >= 0.6 is 0 Å². The van der Waals surface area contributed by atoms with Crippen LogP contribution in [-0.2, 0) is 11.2 Å². The minimum atomic E-state index is -1.01. The second kappa shape index (κ2) is 7.74. The smallest absolute Gasteiger partial charge is 0.307 e. The van der Waals surface area contributed by atoms with Crippen molar-refractivity contribution in [1.29, 1.82) is 0 Å². The number of carboxylic acids is 1. The molecule has 0 atom stereocenters. The van der Waals surface area contributed by atoms with Crippen LogP contribution in [0.2, 0.25) is 0 Å². The Kier molecular flexibility index (Phi) is 4.75. The normalized spacial score (nSPS) is 13.9. The van der Waals surface area contributed by atoms with Crippen LogP contribution in [0.4, 0.5) is 0 Å². The number of rotatable bonds is 5. The summed E-state index contributed by atoms with van der Waals surface area (Å²) in [6.07, 6.45) is 1.40. The number of benzene rings is 3. The highest BCUT2D eigenvalue weighted by atomic mass is 16.5. The molecule has 4 aromatic rings. The first-order valence-electron chi connectivity index (χ1n) is 9.99. The molecule has 1 aliphatic rings. The number of carbonyl (C=O) groups excluding carboxylic acids is 1. The van der Waals surface area contributed by atoms with Gasteiger partial charge in [0.05, 0.1) is 24.5 Å². The average Bonchev–Trinajstić information content (AvgIpc) is 3.32. The summed E-state index contributed by atoms with van der Waals surface area (Å²) in [7, 11) is 1.57. The Morgan fingerprint density at radius 1 is 1.03 bits per heavy atom. The summed E-state index contributed by atoms with van der Waals surface area (Å²) < 4.78 is 17.2. The van der Waals surface area contributed by atoms with Crippen LogP contribution in [0, 0.1) is 0 Å². The fourth-order valence-electron chi connectivity index (χ4n) is 3.89. The zero-order chi connectivity index (χ0) is 22.2. The summed E-state index contributed by atoms with van der Waals surface area (Å²) in [4.78, 5) is 24.7. The van der Waals surface area contributed by atoms with E-state index in [0.717, 1.165) is 5.56 Å². The van der Waals surface area contributed by atoms with Crippen LogP contribution in [-0.4, -0.2) is 24.0 Å². The molecule has 158 valence electrons. The second-order valence-electron chi connectivity index (χ2n) is 7.37. The number of ether oxygens (including phenoxy) is 2. The van der Waals surface area contributed by atoms with Crippen molar-refractivity contribution in [2.45, 2.75) is 6.42 Å². The number of hydrogen-bond acceptors (Lipinski definition) is 5. The largest absolute Gasteiger partial charge is 0.497 e. The quantitative estimate of drug-likeness (QED) is 0.433. The highest BCUT2D eigenvalue weighted by molar-refractivity contribution is 6.18. The van der Waals surface area contributed by atoms with Crippen LogP contribution < -0.4 is 9.47 Å². The first-order chi connectivity index (χ1) is 15.5. The summed E-state index contributed by atoms with van der Waals surface area (Å²) in [5.41, 5.74) is 2.84. The van der Waals surface area contributed by atoms with Gasteiger partial charge in [-0.15, -0.1) is 0 Å². The third-order valence-corrected chi connectivity index (χ3v) is 5.37. The number of ketones is 1. The van der Waals surface area contributed by atoms with Crippen molar-refractivity contribution in [3.05, 3.63) is 89.2 Å². The van der Waals surface area contributed by atoms with Crippen molar-refractivity contribution in [3.8, 4) is 22.8 Å². The Morgan fingerprint density at radius 2 is 1.78 bits per heavy atom. The van der Waals surface area contributed by atoms with Crippen LogP contribution in [0.3, 0.4) is 0 Å². The monoisotopic (exact) mass is 426 g/mol. The third-order valence-electron chi connectivity index (χ3n) is 5.37. The van der Waals surface area contributed by atoms with Gasteiger partial charge in [-0.25, -0.2) is 0 Å². The Labute approximate surface area is 183 Å². The topological polar surface area (TPSA) is 86.0 Å². The van der Waals surface area contributed by atoms with E-state index in [2.05, 4.69) is 0 Å². The first-order valence-corrected chi connectivity index (χ1v) is 9.99. The van der Waals surface area contributed by atoms with E-state index in [0.29, 0.717) is 44.9 Å². The van der Waals surface area contributed by atoms with Crippen LogP contribution in [0.5, 0.6) is 11.5 Å². The van der Waals surface area contributed by atoms with Crippen LogP contribution in [0.1, 0.15) is 21.5 Å². The van der Waals surface area contributed by atoms with Gasteiger partial charge in [0.25, 0.3) is 0 Å². The number of hydrogen-bond donors (Lipinski definition) is 1. The van der Waals surface area contributed by atoms with Gasteiger partial charge in [0.2, 0.25) is 5.78 Å². The molecule has 0 saturated heterocycles. The molecule has 0 saturated carbocycles. The highest BCUT2D eigenvalue weighted by Crippen LogP contribution is 2.45. The van der Waals surface area contributed by atoms with E-state index in [9.17, 15) is 14.7 Å². The maximum Gasteiger partial charge on any atom is 0.307 e. The van der Waals surface area contributed by atoms with E-state index in [1.165, 1.54) is 0 Å². The van der Waals surface area contributed by atoms with Crippen LogP contribution in [0.15, 0.2) is 76.9 Å². The molecular formula is C26H18O6. The summed E-state index contributed by atoms with van der Waals surface area (Å²) in [6.45, 7) is 0. The van der Waals surface area contributed by atoms with Gasteiger partial charge >= 0.3 is 5.97 Å². The molecule has 6 heteroatoms. The molecule has 0 spiro atoms. The van der Waals surface area contributed by atoms with Gasteiger partial charge in [-0.05, 0) is 48.0 Å². The lowest BCUT2D eigenvalue weighted by Gasteiger charge is -2.05. The minimum Gasteiger partial charge on any atom is -0.497 e. The van der Waals surface area contributed by atoms with Gasteiger partial charge in [0.1, 0.15) is 22.8 Å². The van der Waals surface area contributed by atoms with E-state index in [1.807, 2.05) is 30.3 Å². The zero-order valence-corrected chi connectivity index (χ0v) is 17.1. The number of allylic oxidation sites excluding steroid dienone is 1. The molecule has 0 bridgehead atoms. The average molecular weight is 426 g/mol. The minimum absolute atomic E-state index is 0.187. The number of Topliss-reactive ketones (excluding diaryl/α,β-unsaturated/α-hetero) is 1. The fourth-order valence-corrected chi connectivity index (χ4v) is 3.89. The lowest BCUT2D eigenvalue weighted by molar-refractivity contribution is -0.136. The molecule has 32 heavy (non-hydrogen) atoms. The summed E-state index contributed by atoms with van der Waals surface area (Å²) >= 11 is 0. The number of carboxylic acid groups (broad SMARTS) is 1. The van der Waals surface area contributed by atoms with Crippen molar-refractivity contribution < 1.29 is 28.6 Å². The molecule has 3 aromatic carbocycles. The first kappa shape index (κ1) is 19.6. The maximum atomic E-state index is 13.0. The summed E-state index contributed by atoms with van der Waals surface area (Å²) in [5, 5.41) is 10.1. The molecule has 2 heterocycles. The number of furan rings is 1. The van der Waals surface area contributed by atoms with Crippen molar-refractivity contribution in [2.24, 2.45) is 0 Å². The Bertz CT molecular complexity index is 1380. The molecule has 0 amide bonds. The SMILES string of the molecule is COc1ccc(-c2oc3ccc4c(c3c2CC(=O)O)O/C(=C\c2ccccc2)C4=O)cc1. The molecule has 1 aromatic heterocycles. The molecular weight excluding hydrogens is 408 g/mol. The predicted molar refractivity (Wildman–Crippen MR) is 119 cm³/mol. The molecule has 5 rings (SSSR count). The number of fused-ring (bicyclic) bond motifs is 3. The molecule has 1 aliphatic heterocycles. The molecule has 6 nitrogen and oxygen atoms in total. The van der Waals surface area contributed by atoms with Crippen LogP contribution in [0.25, 0.3) is 28.4 Å². The second-order valence-corrected chi connectivity index (χ2v) is 7.37. The van der Waals surface area contributed by atoms with Gasteiger partial charge in [-0.1, -0.05) is 30.3 Å². The van der Waals surface area contributed by atoms with E-state index in [-0.39, 0.29) is 18.0 Å². The lowest BCUT2D eigenvalue weighted by Crippen LogP contribution is -2.01. The van der Waals surface area contributed by atoms with E-state index in [4.69, 9.17) is 13.9 Å². The van der Waals surface area contributed by atoms with Crippen molar-refractivity contribution in [1.82, 2.24) is 0 Å². The highest BCUT2D eigenvalue weighted by Gasteiger charge is 2.33. The van der Waals surface area contributed by atoms with E-state index in [1.54, 1.807) is 49.6 Å². The van der Waals surface area contributed by atoms with Gasteiger partial charge < -0.3 is 19.0 Å². The van der Waals surface area contributed by atoms with Gasteiger partial charge in [0, 0.05) is 11.1 Å². The Hall–Kier alpha value is -4.32. The third kappa shape index (κ3) is 3.32. The van der Waals surface area contributed by atoms with Gasteiger partial charge in [-0.2, -0.15) is 0 Å². The van der Waals surface area contributed by atoms with Crippen molar-refractivity contribution in [2.75, 3.05) is 7.11 Å². The maximum absolute atomic E-state index is 13.0. The lowest BCUT2D eigenvalue weighted by atomic mass is 10.00. The van der Waals surface area contributed by atoms with Crippen molar-refractivity contribution in [3.63, 3.8) is 0 Å². The van der Waals surface area contributed by atoms with Gasteiger partial charge in [0.15, 0.2) is 5.76 Å². The Morgan fingerprint density at radius 3 is 2.47 bits per heavy atom. The predicted octanol–water partition coefficient (Wildman–Crippen LogP) is 5.35. The summed E-state index contributed by atoms with van der Waals surface area (Å²) in [5.74, 6) is 0.357. The molecule has 0 unspecified atom stereocenters. The van der Waals surface area contributed by atoms with Crippen molar-refractivity contribution >= 4 is 28.8 Å². The molecule has 0 fully saturated rings. The van der Waals surface area contributed by atoms with E-state index < -0.39 is 5.97 Å². The number of carbonyl (C=O) groups is 2. The van der Waals surface area contributed by atoms with Gasteiger partial charge in [-0.3, -0.25) is 9.59 Å². The molecule has 0 aliphatic carbocycles. The summed E-state index contributed by atoms with van der Waals surface area (Å²) in [6, 6.07) is 19.9. The Balaban J connectivity index is 1.68. The van der Waals surface area contributed by atoms with E-state index >= 15 is 0 Å². The molecule has 0 radical (unpaired) electrons.